The van der Waals surface area contributed by atoms with Crippen molar-refractivity contribution in [3.63, 3.8) is 0 Å². The molecular weight excluding hydrogens is 288 g/mol. The van der Waals surface area contributed by atoms with Gasteiger partial charge in [-0.15, -0.1) is 0 Å². The molecule has 1 aromatic heterocycles. The van der Waals surface area contributed by atoms with Gasteiger partial charge in [-0.1, -0.05) is 0 Å². The van der Waals surface area contributed by atoms with Crippen LogP contribution in [0.2, 0.25) is 0 Å². The molecule has 110 valence electrons. The van der Waals surface area contributed by atoms with E-state index in [1.54, 1.807) is 0 Å². The zero-order chi connectivity index (χ0) is 15.6. The fourth-order valence-electron chi connectivity index (χ4n) is 1.62. The lowest BCUT2D eigenvalue weighted by Gasteiger charge is -2.08. The van der Waals surface area contributed by atoms with Crippen LogP contribution in [0.1, 0.15) is 16.1 Å². The predicted molar refractivity (Wildman–Crippen MR) is 67.6 cm³/mol. The molecule has 3 N–H and O–H groups in total. The number of carbonyl (C=O) groups excluding carboxylic acids is 1. The SMILES string of the molecule is NC(=O)c1cc(NCc2ccc([N+](=O)[O-])o2)c(F)cc1F. The summed E-state index contributed by atoms with van der Waals surface area (Å²) in [6.45, 7) is -0.0887. The number of amides is 1. The number of nitrogens with one attached hydrogen (secondary N) is 1. The molecule has 0 unspecified atom stereocenters. The summed E-state index contributed by atoms with van der Waals surface area (Å²) in [4.78, 5) is 20.7. The van der Waals surface area contributed by atoms with E-state index in [2.05, 4.69) is 5.32 Å². The number of primary amides is 1. The van der Waals surface area contributed by atoms with Crippen LogP contribution in [-0.2, 0) is 6.54 Å². The summed E-state index contributed by atoms with van der Waals surface area (Å²) in [7, 11) is 0. The minimum atomic E-state index is -1.07. The van der Waals surface area contributed by atoms with E-state index in [-0.39, 0.29) is 18.0 Å². The fourth-order valence-corrected chi connectivity index (χ4v) is 1.62. The standard InChI is InChI=1S/C12H9F2N3O4/c13-8-4-9(14)10(3-7(8)12(15)18)16-5-6-1-2-11(21-6)17(19)20/h1-4,16H,5H2,(H2,15,18). The third-order valence-corrected chi connectivity index (χ3v) is 2.60. The Bertz CT molecular complexity index is 715. The van der Waals surface area contributed by atoms with E-state index in [0.29, 0.717) is 6.07 Å². The van der Waals surface area contributed by atoms with E-state index in [9.17, 15) is 23.7 Å². The van der Waals surface area contributed by atoms with Gasteiger partial charge in [-0.2, -0.15) is 0 Å². The third-order valence-electron chi connectivity index (χ3n) is 2.60. The molecule has 0 bridgehead atoms. The normalized spacial score (nSPS) is 10.4. The molecule has 7 nitrogen and oxygen atoms in total. The lowest BCUT2D eigenvalue weighted by molar-refractivity contribution is -0.402. The third kappa shape index (κ3) is 3.14. The van der Waals surface area contributed by atoms with Gasteiger partial charge in [0.25, 0.3) is 5.91 Å². The molecule has 21 heavy (non-hydrogen) atoms. The summed E-state index contributed by atoms with van der Waals surface area (Å²) in [5.41, 5.74) is 4.31. The number of nitro groups is 1. The maximum Gasteiger partial charge on any atom is 0.433 e. The molecule has 0 aliphatic heterocycles. The van der Waals surface area contributed by atoms with Gasteiger partial charge >= 0.3 is 5.88 Å². The van der Waals surface area contributed by atoms with Crippen LogP contribution in [0.5, 0.6) is 0 Å². The van der Waals surface area contributed by atoms with Gasteiger partial charge in [0.2, 0.25) is 0 Å². The van der Waals surface area contributed by atoms with Gasteiger partial charge in [-0.25, -0.2) is 8.78 Å². The Kier molecular flexibility index (Phi) is 3.83. The van der Waals surface area contributed by atoms with Crippen LogP contribution in [0.3, 0.4) is 0 Å². The molecule has 1 amide bonds. The number of anilines is 1. The van der Waals surface area contributed by atoms with E-state index in [4.69, 9.17) is 10.2 Å². The number of hydrogen-bond donors (Lipinski definition) is 2. The summed E-state index contributed by atoms with van der Waals surface area (Å²) in [5, 5.41) is 13.0. The number of hydrogen-bond acceptors (Lipinski definition) is 5. The van der Waals surface area contributed by atoms with Crippen LogP contribution in [0.25, 0.3) is 0 Å². The average molecular weight is 297 g/mol. The van der Waals surface area contributed by atoms with Crippen LogP contribution >= 0.6 is 0 Å². The number of halogens is 2. The Hall–Kier alpha value is -2.97. The number of nitrogens with two attached hydrogens (primary N) is 1. The Morgan fingerprint density at radius 1 is 1.33 bits per heavy atom. The van der Waals surface area contributed by atoms with E-state index in [1.165, 1.54) is 6.07 Å². The van der Waals surface area contributed by atoms with Crippen molar-refractivity contribution in [1.29, 1.82) is 0 Å². The van der Waals surface area contributed by atoms with Gasteiger partial charge in [0.15, 0.2) is 0 Å². The molecule has 0 fully saturated rings. The van der Waals surface area contributed by atoms with Crippen LogP contribution in [0, 0.1) is 21.7 Å². The highest BCUT2D eigenvalue weighted by atomic mass is 19.1. The van der Waals surface area contributed by atoms with E-state index >= 15 is 0 Å². The summed E-state index contributed by atoms with van der Waals surface area (Å²) in [5.74, 6) is -3.32. The minimum Gasteiger partial charge on any atom is -0.404 e. The minimum absolute atomic E-state index is 0.0887. The molecule has 0 aliphatic rings. The van der Waals surface area contributed by atoms with Crippen molar-refractivity contribution in [3.05, 3.63) is 57.3 Å². The Balaban J connectivity index is 2.17. The Labute approximate surface area is 116 Å². The lowest BCUT2D eigenvalue weighted by atomic mass is 10.1. The number of carbonyl (C=O) groups is 1. The molecule has 1 heterocycles. The number of nitrogens with zero attached hydrogens (tertiary/aromatic N) is 1. The highest BCUT2D eigenvalue weighted by Gasteiger charge is 2.15. The van der Waals surface area contributed by atoms with Gasteiger partial charge in [-0.05, 0) is 12.1 Å². The van der Waals surface area contributed by atoms with Crippen molar-refractivity contribution in [2.75, 3.05) is 5.32 Å². The smallest absolute Gasteiger partial charge is 0.404 e. The van der Waals surface area contributed by atoms with Crippen LogP contribution < -0.4 is 11.1 Å². The van der Waals surface area contributed by atoms with Gasteiger partial charge in [0, 0.05) is 6.07 Å². The van der Waals surface area contributed by atoms with Crippen molar-refractivity contribution in [3.8, 4) is 0 Å². The summed E-state index contributed by atoms with van der Waals surface area (Å²) >= 11 is 0. The first-order chi connectivity index (χ1) is 9.88. The highest BCUT2D eigenvalue weighted by molar-refractivity contribution is 5.94. The van der Waals surface area contributed by atoms with Crippen LogP contribution in [-0.4, -0.2) is 10.8 Å². The molecule has 2 rings (SSSR count). The van der Waals surface area contributed by atoms with E-state index in [1.807, 2.05) is 0 Å². The average Bonchev–Trinajstić information content (AvgIpc) is 2.86. The first-order valence-corrected chi connectivity index (χ1v) is 5.64. The van der Waals surface area contributed by atoms with Crippen LogP contribution in [0.4, 0.5) is 20.4 Å². The number of rotatable bonds is 5. The molecule has 0 atom stereocenters. The molecule has 1 aromatic carbocycles. The van der Waals surface area contributed by atoms with E-state index in [0.717, 1.165) is 12.1 Å². The summed E-state index contributed by atoms with van der Waals surface area (Å²) in [6.07, 6.45) is 0. The highest BCUT2D eigenvalue weighted by Crippen LogP contribution is 2.21. The molecular formula is C12H9F2N3O4. The number of furan rings is 1. The van der Waals surface area contributed by atoms with Crippen molar-refractivity contribution >= 4 is 17.5 Å². The second-order valence-corrected chi connectivity index (χ2v) is 4.03. The largest absolute Gasteiger partial charge is 0.433 e. The fraction of sp³-hybridized carbons (Fsp3) is 0.0833. The van der Waals surface area contributed by atoms with Gasteiger partial charge in [0.1, 0.15) is 22.3 Å². The Morgan fingerprint density at radius 3 is 2.62 bits per heavy atom. The molecule has 2 aromatic rings. The molecule has 9 heteroatoms. The first-order valence-electron chi connectivity index (χ1n) is 5.64. The van der Waals surface area contributed by atoms with Gasteiger partial charge < -0.3 is 15.5 Å². The van der Waals surface area contributed by atoms with Crippen molar-refractivity contribution < 1.29 is 22.9 Å². The maximum atomic E-state index is 13.5. The lowest BCUT2D eigenvalue weighted by Crippen LogP contribution is -2.14. The Morgan fingerprint density at radius 2 is 2.05 bits per heavy atom. The number of benzene rings is 1. The molecule has 0 saturated carbocycles. The van der Waals surface area contributed by atoms with Crippen molar-refractivity contribution in [1.82, 2.24) is 0 Å². The topological polar surface area (TPSA) is 111 Å². The zero-order valence-corrected chi connectivity index (χ0v) is 10.4. The molecule has 0 spiro atoms. The van der Waals surface area contributed by atoms with Crippen molar-refractivity contribution in [2.24, 2.45) is 5.73 Å². The second kappa shape index (κ2) is 5.57. The van der Waals surface area contributed by atoms with Gasteiger partial charge in [0.05, 0.1) is 23.9 Å². The predicted octanol–water partition coefficient (Wildman–Crippen LogP) is 2.18. The summed E-state index contributed by atoms with van der Waals surface area (Å²) in [6, 6.07) is 3.92. The quantitative estimate of drug-likeness (QED) is 0.649. The molecule has 0 aliphatic carbocycles. The van der Waals surface area contributed by atoms with Gasteiger partial charge in [-0.3, -0.25) is 14.9 Å². The second-order valence-electron chi connectivity index (χ2n) is 4.03. The van der Waals surface area contributed by atoms with E-state index < -0.39 is 33.9 Å². The monoisotopic (exact) mass is 297 g/mol. The zero-order valence-electron chi connectivity index (χ0n) is 10.4. The maximum absolute atomic E-state index is 13.5. The van der Waals surface area contributed by atoms with Crippen molar-refractivity contribution in [2.45, 2.75) is 6.54 Å². The molecule has 0 radical (unpaired) electrons. The van der Waals surface area contributed by atoms with Crippen LogP contribution in [0.15, 0.2) is 28.7 Å². The summed E-state index contributed by atoms with van der Waals surface area (Å²) < 4.78 is 31.7. The first kappa shape index (κ1) is 14.4. The molecule has 0 saturated heterocycles.